The Hall–Kier alpha value is -2.74. The normalized spacial score (nSPS) is 24.9. The molecule has 192 valence electrons. The number of methoxy groups -OCH3 is 1. The van der Waals surface area contributed by atoms with Crippen molar-refractivity contribution in [3.63, 3.8) is 0 Å². The molecule has 4 heterocycles. The molecule has 0 unspecified atom stereocenters. The maximum atomic E-state index is 13.2. The quantitative estimate of drug-likeness (QED) is 0.0872. The number of amides is 3. The summed E-state index contributed by atoms with van der Waals surface area (Å²) in [6, 6.07) is 0. The Balaban J connectivity index is 1.44. The molecule has 0 radical (unpaired) electrons. The lowest BCUT2D eigenvalue weighted by atomic mass is 9.98. The van der Waals surface area contributed by atoms with Gasteiger partial charge in [-0.15, -0.1) is 16.9 Å². The molecule has 36 heavy (non-hydrogen) atoms. The Bertz CT molecular complexity index is 1210. The van der Waals surface area contributed by atoms with Crippen molar-refractivity contribution in [2.45, 2.75) is 20.8 Å². The van der Waals surface area contributed by atoms with Crippen LogP contribution in [0.25, 0.3) is 0 Å². The number of aromatic nitrogens is 4. The predicted octanol–water partition coefficient (Wildman–Crippen LogP) is -0.716. The van der Waals surface area contributed by atoms with Gasteiger partial charge >= 0.3 is 18.0 Å². The molecular weight excluding hydrogens is 558 g/mol. The maximum absolute atomic E-state index is 13.2. The largest absolute Gasteiger partial charge is 0.477 e. The summed E-state index contributed by atoms with van der Waals surface area (Å²) in [6.07, 6.45) is -0.230. The lowest BCUT2D eigenvalue weighted by molar-refractivity contribution is -0.192. The van der Waals surface area contributed by atoms with Crippen LogP contribution in [0.4, 0.5) is 4.79 Å². The van der Waals surface area contributed by atoms with Crippen molar-refractivity contribution >= 4 is 76.9 Å². The van der Waals surface area contributed by atoms with Crippen LogP contribution in [0.2, 0.25) is 0 Å². The third kappa shape index (κ3) is 4.80. The van der Waals surface area contributed by atoms with E-state index < -0.39 is 45.5 Å². The van der Waals surface area contributed by atoms with Crippen LogP contribution in [-0.2, 0) is 35.7 Å². The highest BCUT2D eigenvalue weighted by molar-refractivity contribution is 8.39. The van der Waals surface area contributed by atoms with Crippen molar-refractivity contribution in [2.24, 2.45) is 12.8 Å². The average molecular weight is 576 g/mol. The molecular formula is C17H17N7O8S4. The number of aliphatic carboxylic acids is 1. The van der Waals surface area contributed by atoms with Gasteiger partial charge in [-0.2, -0.15) is 0 Å². The SMILES string of the molecule is CO[C@@]1(NC(=O)C2SC(=CC(=O)OC(N)=O)S2)C(=O)N2C(C(=O)O)=C(CSc3nnnn3C)CS[C@@H]21. The molecule has 0 aromatic carbocycles. The molecule has 15 nitrogen and oxygen atoms in total. The second-order valence-corrected chi connectivity index (χ2v) is 12.0. The van der Waals surface area contributed by atoms with Crippen molar-refractivity contribution < 1.29 is 38.6 Å². The van der Waals surface area contributed by atoms with Gasteiger partial charge in [-0.1, -0.05) is 35.3 Å². The van der Waals surface area contributed by atoms with Crippen molar-refractivity contribution in [3.8, 4) is 0 Å². The number of tetrazole rings is 1. The van der Waals surface area contributed by atoms with Gasteiger partial charge in [0.05, 0.1) is 4.24 Å². The summed E-state index contributed by atoms with van der Waals surface area (Å²) in [5.74, 6) is -3.00. The molecule has 4 rings (SSSR count). The summed E-state index contributed by atoms with van der Waals surface area (Å²) in [5, 5.41) is 23.2. The number of primary amides is 1. The molecule has 2 fully saturated rings. The van der Waals surface area contributed by atoms with E-state index in [1.165, 1.54) is 35.3 Å². The number of nitrogens with zero attached hydrogens (tertiary/aromatic N) is 5. The zero-order valence-electron chi connectivity index (χ0n) is 18.4. The number of carboxylic acid groups (broad SMARTS) is 1. The first kappa shape index (κ1) is 26.3. The number of aryl methyl sites for hydroxylation is 1. The number of nitrogens with one attached hydrogen (secondary N) is 1. The number of ether oxygens (including phenoxy) is 2. The highest BCUT2D eigenvalue weighted by Crippen LogP contribution is 2.52. The second-order valence-electron chi connectivity index (χ2n) is 7.17. The first-order valence-corrected chi connectivity index (χ1v) is 13.6. The molecule has 3 aliphatic heterocycles. The summed E-state index contributed by atoms with van der Waals surface area (Å²) in [7, 11) is 2.90. The lowest BCUT2D eigenvalue weighted by Crippen LogP contribution is -2.81. The first-order valence-electron chi connectivity index (χ1n) is 9.76. The van der Waals surface area contributed by atoms with E-state index in [0.717, 1.165) is 34.5 Å². The predicted molar refractivity (Wildman–Crippen MR) is 128 cm³/mol. The number of hydrogen-bond donors (Lipinski definition) is 3. The van der Waals surface area contributed by atoms with E-state index in [-0.39, 0.29) is 17.2 Å². The summed E-state index contributed by atoms with van der Waals surface area (Å²) in [6.45, 7) is 0. The Labute approximate surface area is 219 Å². The van der Waals surface area contributed by atoms with E-state index in [2.05, 4.69) is 25.6 Å². The van der Waals surface area contributed by atoms with Gasteiger partial charge < -0.3 is 25.6 Å². The Morgan fingerprint density at radius 3 is 2.67 bits per heavy atom. The number of carbonyl (C=O) groups excluding carboxylic acids is 4. The molecule has 3 amide bonds. The van der Waals surface area contributed by atoms with Gasteiger partial charge in [0.2, 0.25) is 11.1 Å². The van der Waals surface area contributed by atoms with E-state index in [1.807, 2.05) is 0 Å². The third-order valence-corrected chi connectivity index (χ3v) is 10.2. The van der Waals surface area contributed by atoms with E-state index in [4.69, 9.17) is 10.5 Å². The van der Waals surface area contributed by atoms with Crippen LogP contribution in [0, 0.1) is 0 Å². The molecule has 2 atom stereocenters. The minimum Gasteiger partial charge on any atom is -0.477 e. The van der Waals surface area contributed by atoms with Crippen molar-refractivity contribution in [1.82, 2.24) is 30.4 Å². The second kappa shape index (κ2) is 10.3. The molecule has 2 saturated heterocycles. The topological polar surface area (TPSA) is 209 Å². The van der Waals surface area contributed by atoms with Gasteiger partial charge in [-0.3, -0.25) is 14.5 Å². The van der Waals surface area contributed by atoms with Gasteiger partial charge in [-0.25, -0.2) is 19.1 Å². The third-order valence-electron chi connectivity index (χ3n) is 5.00. The monoisotopic (exact) mass is 575 g/mol. The molecule has 0 saturated carbocycles. The van der Waals surface area contributed by atoms with E-state index in [0.29, 0.717) is 15.0 Å². The fourth-order valence-corrected chi connectivity index (χ4v) is 7.85. The molecule has 0 bridgehead atoms. The zero-order chi connectivity index (χ0) is 26.2. The van der Waals surface area contributed by atoms with Crippen LogP contribution in [0.1, 0.15) is 0 Å². The number of nitrogens with two attached hydrogens (primary N) is 1. The van der Waals surface area contributed by atoms with Gasteiger partial charge in [0.25, 0.3) is 11.6 Å². The van der Waals surface area contributed by atoms with Crippen molar-refractivity contribution in [1.29, 1.82) is 0 Å². The number of esters is 1. The van der Waals surface area contributed by atoms with Crippen LogP contribution in [0.5, 0.6) is 0 Å². The van der Waals surface area contributed by atoms with E-state index in [1.54, 1.807) is 7.05 Å². The van der Waals surface area contributed by atoms with Gasteiger partial charge in [0, 0.05) is 31.7 Å². The Morgan fingerprint density at radius 2 is 2.08 bits per heavy atom. The summed E-state index contributed by atoms with van der Waals surface area (Å²) in [4.78, 5) is 61.2. The zero-order valence-corrected chi connectivity index (χ0v) is 21.7. The lowest BCUT2D eigenvalue weighted by Gasteiger charge is -2.56. The Kier molecular flexibility index (Phi) is 7.55. The van der Waals surface area contributed by atoms with E-state index >= 15 is 0 Å². The number of β-lactam (4-membered cyclic amide) rings is 1. The molecule has 4 N–H and O–H groups in total. The van der Waals surface area contributed by atoms with Crippen molar-refractivity contribution in [2.75, 3.05) is 18.6 Å². The molecule has 0 aliphatic carbocycles. The van der Waals surface area contributed by atoms with Gasteiger partial charge in [0.1, 0.15) is 15.7 Å². The smallest absolute Gasteiger partial charge is 0.412 e. The highest BCUT2D eigenvalue weighted by atomic mass is 32.3. The number of hydrogen-bond acceptors (Lipinski definition) is 14. The van der Waals surface area contributed by atoms with Crippen LogP contribution < -0.4 is 11.1 Å². The van der Waals surface area contributed by atoms with Gasteiger partial charge in [0.15, 0.2) is 0 Å². The van der Waals surface area contributed by atoms with Crippen LogP contribution in [0.15, 0.2) is 26.7 Å². The minimum absolute atomic E-state index is 0.168. The molecule has 3 aliphatic rings. The molecule has 19 heteroatoms. The fraction of sp³-hybridized carbons (Fsp3) is 0.412. The minimum atomic E-state index is -1.75. The van der Waals surface area contributed by atoms with Crippen LogP contribution >= 0.6 is 47.0 Å². The molecule has 0 spiro atoms. The van der Waals surface area contributed by atoms with Crippen LogP contribution in [-0.4, -0.2) is 94.4 Å². The standard InChI is InChI=1S/C17H17N7O8S4/c1-23-16(20-21-22-23)34-5-6-4-33-14-17(31-2,13(29)24(14)9(6)11(27)28)19-10(26)12-35-8(36-12)3-7(25)32-15(18)30/h3,12,14H,4-5H2,1-2H3,(H2,18,30)(H,19,26)(H,27,28)/t12?,14-,17+/m1/s1. The number of fused-ring (bicyclic) bond motifs is 1. The molecule has 1 aromatic heterocycles. The Morgan fingerprint density at radius 1 is 1.36 bits per heavy atom. The number of carboxylic acids is 1. The van der Waals surface area contributed by atoms with Crippen LogP contribution in [0.3, 0.4) is 0 Å². The maximum Gasteiger partial charge on any atom is 0.412 e. The van der Waals surface area contributed by atoms with E-state index in [9.17, 15) is 29.1 Å². The van der Waals surface area contributed by atoms with Gasteiger partial charge in [-0.05, 0) is 16.0 Å². The number of rotatable bonds is 8. The summed E-state index contributed by atoms with van der Waals surface area (Å²) in [5.41, 5.74) is 3.35. The number of thioether (sulfide) groups is 4. The average Bonchev–Trinajstić information content (AvgIpc) is 3.20. The molecule has 1 aromatic rings. The fourth-order valence-electron chi connectivity index (χ4n) is 3.41. The first-order chi connectivity index (χ1) is 17.1. The highest BCUT2D eigenvalue weighted by Gasteiger charge is 2.67. The summed E-state index contributed by atoms with van der Waals surface area (Å²) < 4.78 is 10.8. The van der Waals surface area contributed by atoms with Crippen molar-refractivity contribution in [3.05, 3.63) is 21.6 Å². The summed E-state index contributed by atoms with van der Waals surface area (Å²) >= 11 is 4.51. The number of carbonyl (C=O) groups is 5.